The van der Waals surface area contributed by atoms with Crippen LogP contribution in [0.5, 0.6) is 0 Å². The van der Waals surface area contributed by atoms with Crippen molar-refractivity contribution in [1.82, 2.24) is 0 Å². The van der Waals surface area contributed by atoms with Crippen molar-refractivity contribution in [1.29, 1.82) is 0 Å². The second-order valence-electron chi connectivity index (χ2n) is 9.68. The number of aryl methyl sites for hydroxylation is 4. The molecule has 0 spiro atoms. The van der Waals surface area contributed by atoms with Gasteiger partial charge >= 0.3 is 217 Å². The van der Waals surface area contributed by atoms with Gasteiger partial charge in [0.15, 0.2) is 0 Å². The Morgan fingerprint density at radius 2 is 0.694 bits per heavy atom. The average molecular weight is 605 g/mol. The van der Waals surface area contributed by atoms with E-state index in [1.807, 2.05) is 0 Å². The predicted molar refractivity (Wildman–Crippen MR) is 160 cm³/mol. The molecule has 0 aliphatic heterocycles. The zero-order valence-corrected chi connectivity index (χ0v) is 25.1. The molecule has 4 rings (SSSR count). The molecule has 4 aromatic rings. The third kappa shape index (κ3) is 8.79. The van der Waals surface area contributed by atoms with Crippen molar-refractivity contribution in [2.24, 2.45) is 0 Å². The standard InChI is InChI=1S/C34H38Se2/c1-27-9-17-31(18-10-27)33-21-13-29(14-22-33)7-3-5-25-35-36-26-6-4-8-30-15-23-34(24-16-30)32-19-11-28(2)12-20-32/h9-24H,3-8,25-26H2,1-2H3. The first-order chi connectivity index (χ1) is 17.7. The molecule has 0 radical (unpaired) electrons. The van der Waals surface area contributed by atoms with Gasteiger partial charge in [-0.1, -0.05) is 0 Å². The van der Waals surface area contributed by atoms with Gasteiger partial charge in [0.25, 0.3) is 0 Å². The summed E-state index contributed by atoms with van der Waals surface area (Å²) in [5, 5.41) is 2.93. The fourth-order valence-corrected chi connectivity index (χ4v) is 11.3. The van der Waals surface area contributed by atoms with E-state index in [2.05, 4.69) is 111 Å². The van der Waals surface area contributed by atoms with Gasteiger partial charge < -0.3 is 0 Å². The van der Waals surface area contributed by atoms with E-state index in [0.717, 1.165) is 26.3 Å². The molecule has 4 aromatic carbocycles. The molecule has 0 aliphatic rings. The number of hydrogen-bond acceptors (Lipinski definition) is 0. The SMILES string of the molecule is Cc1ccc(-c2ccc(CCCC[Se][Se]CCCCc3ccc(-c4ccc(C)cc4)cc3)cc2)cc1. The van der Waals surface area contributed by atoms with Crippen LogP contribution in [-0.2, 0) is 12.8 Å². The maximum atomic E-state index is 2.32. The van der Waals surface area contributed by atoms with Crippen LogP contribution in [-0.4, -0.2) is 26.3 Å². The summed E-state index contributed by atoms with van der Waals surface area (Å²) in [5.41, 5.74) is 10.9. The fourth-order valence-electron chi connectivity index (χ4n) is 4.32. The number of benzene rings is 4. The second-order valence-corrected chi connectivity index (χ2v) is 17.5. The monoisotopic (exact) mass is 606 g/mol. The summed E-state index contributed by atoms with van der Waals surface area (Å²) in [6, 6.07) is 36.1. The van der Waals surface area contributed by atoms with Crippen LogP contribution in [0.3, 0.4) is 0 Å². The van der Waals surface area contributed by atoms with Crippen LogP contribution in [0.1, 0.15) is 47.9 Å². The van der Waals surface area contributed by atoms with Gasteiger partial charge in [-0.05, 0) is 13.8 Å². The predicted octanol–water partition coefficient (Wildman–Crippen LogP) is 9.14. The Bertz CT molecular complexity index is 1060. The minimum atomic E-state index is 0.887. The first kappa shape index (κ1) is 27.0. The van der Waals surface area contributed by atoms with Gasteiger partial charge in [0.05, 0.1) is 0 Å². The van der Waals surface area contributed by atoms with Crippen molar-refractivity contribution in [3.8, 4) is 22.3 Å². The van der Waals surface area contributed by atoms with E-state index >= 15 is 0 Å². The van der Waals surface area contributed by atoms with E-state index in [9.17, 15) is 0 Å². The van der Waals surface area contributed by atoms with E-state index in [1.54, 1.807) is 0 Å². The number of unbranched alkanes of at least 4 members (excludes halogenated alkanes) is 2. The summed E-state index contributed by atoms with van der Waals surface area (Å²) in [6.07, 6.45) is 7.91. The Morgan fingerprint density at radius 1 is 0.389 bits per heavy atom. The zero-order valence-electron chi connectivity index (χ0n) is 21.7. The van der Waals surface area contributed by atoms with E-state index in [1.165, 1.54) is 93.7 Å². The third-order valence-corrected chi connectivity index (χ3v) is 14.4. The van der Waals surface area contributed by atoms with Crippen molar-refractivity contribution in [2.75, 3.05) is 0 Å². The molecule has 0 fully saturated rings. The van der Waals surface area contributed by atoms with Crippen molar-refractivity contribution < 1.29 is 0 Å². The Hall–Kier alpha value is -2.08. The van der Waals surface area contributed by atoms with Gasteiger partial charge in [-0.2, -0.15) is 0 Å². The summed E-state index contributed by atoms with van der Waals surface area (Å²) in [4.78, 5) is 0. The molecule has 0 nitrogen and oxygen atoms in total. The van der Waals surface area contributed by atoms with Crippen molar-refractivity contribution in [3.63, 3.8) is 0 Å². The molecule has 2 heteroatoms. The number of hydrogen-bond donors (Lipinski definition) is 0. The van der Waals surface area contributed by atoms with Crippen molar-refractivity contribution >= 4 is 26.3 Å². The summed E-state index contributed by atoms with van der Waals surface area (Å²) >= 11 is 1.77. The van der Waals surface area contributed by atoms with Crippen LogP contribution >= 0.6 is 0 Å². The second kappa shape index (κ2) is 14.6. The van der Waals surface area contributed by atoms with Crippen LogP contribution in [0.4, 0.5) is 0 Å². The Kier molecular flexibility index (Phi) is 10.9. The van der Waals surface area contributed by atoms with Gasteiger partial charge in [0, 0.05) is 0 Å². The normalized spacial score (nSPS) is 11.1. The van der Waals surface area contributed by atoms with Crippen molar-refractivity contribution in [2.45, 2.75) is 63.0 Å². The van der Waals surface area contributed by atoms with Crippen LogP contribution in [0.15, 0.2) is 97.1 Å². The van der Waals surface area contributed by atoms with Crippen LogP contribution in [0, 0.1) is 13.8 Å². The summed E-state index contributed by atoms with van der Waals surface area (Å²) < 4.78 is 0. The minimum absolute atomic E-state index is 0.887. The first-order valence-electron chi connectivity index (χ1n) is 13.2. The Balaban J connectivity index is 1.03. The molecule has 36 heavy (non-hydrogen) atoms. The maximum absolute atomic E-state index is 2.32. The van der Waals surface area contributed by atoms with Gasteiger partial charge in [0.2, 0.25) is 0 Å². The summed E-state index contributed by atoms with van der Waals surface area (Å²) in [7, 11) is 0. The molecule has 186 valence electrons. The molecule has 0 aliphatic carbocycles. The Morgan fingerprint density at radius 3 is 1.03 bits per heavy atom. The molecule has 0 aromatic heterocycles. The van der Waals surface area contributed by atoms with Gasteiger partial charge in [-0.3, -0.25) is 0 Å². The quantitative estimate of drug-likeness (QED) is 0.106. The first-order valence-corrected chi connectivity index (χ1v) is 20.0. The molecule has 0 saturated heterocycles. The van der Waals surface area contributed by atoms with Gasteiger partial charge in [0.1, 0.15) is 0 Å². The van der Waals surface area contributed by atoms with Crippen LogP contribution in [0.2, 0.25) is 10.6 Å². The summed E-state index contributed by atoms with van der Waals surface area (Å²) in [6.45, 7) is 4.28. The molecule has 0 unspecified atom stereocenters. The Labute approximate surface area is 229 Å². The average Bonchev–Trinajstić information content (AvgIpc) is 2.91. The third-order valence-electron chi connectivity index (χ3n) is 6.65. The molecule has 0 N–H and O–H groups in total. The zero-order chi connectivity index (χ0) is 25.0. The van der Waals surface area contributed by atoms with E-state index < -0.39 is 0 Å². The molecular formula is C34H38Se2. The summed E-state index contributed by atoms with van der Waals surface area (Å²) in [5.74, 6) is 0. The van der Waals surface area contributed by atoms with Crippen LogP contribution < -0.4 is 0 Å². The van der Waals surface area contributed by atoms with Crippen LogP contribution in [0.25, 0.3) is 22.3 Å². The number of rotatable bonds is 13. The molecular weight excluding hydrogens is 566 g/mol. The van der Waals surface area contributed by atoms with E-state index in [4.69, 9.17) is 0 Å². The fraction of sp³-hybridized carbons (Fsp3) is 0.294. The van der Waals surface area contributed by atoms with E-state index in [0.29, 0.717) is 0 Å². The molecule has 0 bridgehead atoms. The van der Waals surface area contributed by atoms with E-state index in [-0.39, 0.29) is 0 Å². The molecule has 0 heterocycles. The van der Waals surface area contributed by atoms with Gasteiger partial charge in [-0.15, -0.1) is 0 Å². The molecule has 0 atom stereocenters. The van der Waals surface area contributed by atoms with Crippen molar-refractivity contribution in [3.05, 3.63) is 119 Å². The van der Waals surface area contributed by atoms with Gasteiger partial charge in [-0.25, -0.2) is 0 Å². The molecule has 0 amide bonds. The topological polar surface area (TPSA) is 0 Å². The molecule has 0 saturated carbocycles.